The molecule has 180 valence electrons. The highest BCUT2D eigenvalue weighted by Crippen LogP contribution is 2.41. The molecule has 0 nitrogen and oxygen atoms in total. The van der Waals surface area contributed by atoms with Gasteiger partial charge in [-0.3, -0.25) is 0 Å². The van der Waals surface area contributed by atoms with Gasteiger partial charge in [-0.1, -0.05) is 158 Å². The van der Waals surface area contributed by atoms with E-state index in [-0.39, 0.29) is 0 Å². The molecule has 1 aliphatic carbocycles. The summed E-state index contributed by atoms with van der Waals surface area (Å²) in [6.07, 6.45) is 0.965. The maximum absolute atomic E-state index is 2.67. The van der Waals surface area contributed by atoms with Gasteiger partial charge in [-0.15, -0.1) is 0 Å². The lowest BCUT2D eigenvalue weighted by Crippen LogP contribution is -2.75. The number of hydrogen-bond acceptors (Lipinski definition) is 0. The molecule has 6 aromatic carbocycles. The minimum atomic E-state index is -2.67. The third kappa shape index (κ3) is 3.51. The summed E-state index contributed by atoms with van der Waals surface area (Å²) in [4.78, 5) is 0. The molecular weight excluding hydrogens is 472 g/mol. The first kappa shape index (κ1) is 22.7. The van der Waals surface area contributed by atoms with Crippen molar-refractivity contribution < 1.29 is 0 Å². The predicted molar refractivity (Wildman–Crippen MR) is 164 cm³/mol. The molecule has 0 bridgehead atoms. The molecule has 6 aromatic rings. The van der Waals surface area contributed by atoms with E-state index in [9.17, 15) is 0 Å². The van der Waals surface area contributed by atoms with E-state index in [0.717, 1.165) is 6.42 Å². The van der Waals surface area contributed by atoms with Crippen molar-refractivity contribution in [2.45, 2.75) is 6.42 Å². The lowest BCUT2D eigenvalue weighted by atomic mass is 9.95. The van der Waals surface area contributed by atoms with E-state index in [0.29, 0.717) is 0 Å². The summed E-state index contributed by atoms with van der Waals surface area (Å²) in [6, 6.07) is 58.6. The molecule has 0 aliphatic heterocycles. The number of fused-ring (bicyclic) bond motifs is 3. The molecule has 0 saturated carbocycles. The Labute approximate surface area is 225 Å². The van der Waals surface area contributed by atoms with E-state index in [1.54, 1.807) is 0 Å². The summed E-state index contributed by atoms with van der Waals surface area (Å²) in [7, 11) is -2.67. The van der Waals surface area contributed by atoms with Gasteiger partial charge < -0.3 is 0 Å². The molecule has 0 radical (unpaired) electrons. The smallest absolute Gasteiger partial charge is 0.0623 e. The largest absolute Gasteiger partial charge is 0.180 e. The van der Waals surface area contributed by atoms with Gasteiger partial charge in [0.25, 0.3) is 0 Å². The van der Waals surface area contributed by atoms with Gasteiger partial charge in [-0.2, -0.15) is 0 Å². The minimum Gasteiger partial charge on any atom is -0.0623 e. The van der Waals surface area contributed by atoms with Gasteiger partial charge in [0, 0.05) is 0 Å². The highest BCUT2D eigenvalue weighted by atomic mass is 28.3. The summed E-state index contributed by atoms with van der Waals surface area (Å²) in [5.74, 6) is 0. The lowest BCUT2D eigenvalue weighted by Gasteiger charge is -2.36. The van der Waals surface area contributed by atoms with Crippen LogP contribution in [0.5, 0.6) is 0 Å². The average molecular weight is 501 g/mol. The second-order valence-corrected chi connectivity index (χ2v) is 13.8. The van der Waals surface area contributed by atoms with E-state index >= 15 is 0 Å². The molecule has 0 unspecified atom stereocenters. The van der Waals surface area contributed by atoms with E-state index in [2.05, 4.69) is 158 Å². The van der Waals surface area contributed by atoms with Crippen LogP contribution in [0, 0.1) is 0 Å². The molecule has 0 spiro atoms. The van der Waals surface area contributed by atoms with E-state index in [1.165, 1.54) is 54.1 Å². The number of hydrogen-bond donors (Lipinski definition) is 0. The summed E-state index contributed by atoms with van der Waals surface area (Å²) in [5.41, 5.74) is 8.32. The second-order valence-electron chi connectivity index (χ2n) is 10.1. The van der Waals surface area contributed by atoms with Gasteiger partial charge in [0.05, 0.1) is 0 Å². The highest BCUT2D eigenvalue weighted by Gasteiger charge is 2.44. The molecule has 0 aromatic heterocycles. The third-order valence-electron chi connectivity index (χ3n) is 8.07. The van der Waals surface area contributed by atoms with Gasteiger partial charge >= 0.3 is 0 Å². The normalized spacial score (nSPS) is 12.1. The SMILES string of the molecule is c1ccc(-c2c([Si](c3ccccc3)(c3ccccc3)c3ccccc3)ccc3c2Cc2ccccc2-3)cc1. The van der Waals surface area contributed by atoms with Crippen molar-refractivity contribution in [3.8, 4) is 22.3 Å². The molecule has 1 heteroatoms. The van der Waals surface area contributed by atoms with Crippen molar-refractivity contribution in [3.05, 3.63) is 169 Å². The van der Waals surface area contributed by atoms with E-state index < -0.39 is 8.07 Å². The van der Waals surface area contributed by atoms with Gasteiger partial charge in [-0.05, 0) is 60.5 Å². The first-order valence-corrected chi connectivity index (χ1v) is 15.3. The highest BCUT2D eigenvalue weighted by molar-refractivity contribution is 7.20. The van der Waals surface area contributed by atoms with Crippen LogP contribution in [0.4, 0.5) is 0 Å². The van der Waals surface area contributed by atoms with E-state index in [1.807, 2.05) is 0 Å². The Kier molecular flexibility index (Phi) is 5.64. The number of benzene rings is 6. The van der Waals surface area contributed by atoms with Gasteiger partial charge in [-0.25, -0.2) is 0 Å². The van der Waals surface area contributed by atoms with Crippen molar-refractivity contribution in [1.29, 1.82) is 0 Å². The zero-order chi connectivity index (χ0) is 25.4. The molecule has 0 saturated heterocycles. The van der Waals surface area contributed by atoms with Crippen LogP contribution in [0.15, 0.2) is 158 Å². The molecule has 0 heterocycles. The van der Waals surface area contributed by atoms with Crippen LogP contribution in [0.3, 0.4) is 0 Å². The Hall–Kier alpha value is -4.46. The zero-order valence-electron chi connectivity index (χ0n) is 21.2. The molecule has 1 aliphatic rings. The van der Waals surface area contributed by atoms with Crippen molar-refractivity contribution in [2.75, 3.05) is 0 Å². The Balaban J connectivity index is 1.65. The summed E-state index contributed by atoms with van der Waals surface area (Å²) in [5, 5.41) is 5.68. The monoisotopic (exact) mass is 500 g/mol. The summed E-state index contributed by atoms with van der Waals surface area (Å²) in [6.45, 7) is 0. The van der Waals surface area contributed by atoms with Crippen LogP contribution in [-0.2, 0) is 6.42 Å². The Morgan fingerprint density at radius 3 is 1.42 bits per heavy atom. The molecule has 0 amide bonds. The van der Waals surface area contributed by atoms with Crippen LogP contribution < -0.4 is 20.7 Å². The average Bonchev–Trinajstić information content (AvgIpc) is 3.38. The fourth-order valence-electron chi connectivity index (χ4n) is 6.49. The van der Waals surface area contributed by atoms with Crippen LogP contribution in [0.2, 0.25) is 0 Å². The summed E-state index contributed by atoms with van der Waals surface area (Å²) >= 11 is 0. The van der Waals surface area contributed by atoms with Gasteiger partial charge in [0.2, 0.25) is 0 Å². The van der Waals surface area contributed by atoms with Crippen molar-refractivity contribution >= 4 is 28.8 Å². The zero-order valence-corrected chi connectivity index (χ0v) is 22.2. The Morgan fingerprint density at radius 2 is 0.868 bits per heavy atom. The van der Waals surface area contributed by atoms with Crippen LogP contribution >= 0.6 is 0 Å². The van der Waals surface area contributed by atoms with Crippen LogP contribution in [0.25, 0.3) is 22.3 Å². The Bertz CT molecular complexity index is 1610. The topological polar surface area (TPSA) is 0 Å². The first-order chi connectivity index (χ1) is 18.9. The molecule has 0 fully saturated rings. The molecule has 38 heavy (non-hydrogen) atoms. The summed E-state index contributed by atoms with van der Waals surface area (Å²) < 4.78 is 0. The number of rotatable bonds is 5. The first-order valence-electron chi connectivity index (χ1n) is 13.3. The quantitative estimate of drug-likeness (QED) is 0.192. The maximum atomic E-state index is 2.46. The van der Waals surface area contributed by atoms with E-state index in [4.69, 9.17) is 0 Å². The Morgan fingerprint density at radius 1 is 0.395 bits per heavy atom. The predicted octanol–water partition coefficient (Wildman–Crippen LogP) is 6.30. The van der Waals surface area contributed by atoms with Crippen molar-refractivity contribution in [1.82, 2.24) is 0 Å². The standard InChI is InChI=1S/C37H28Si/c1-5-15-28(16-6-1)37-35-27-29-17-13-14-24-33(29)34(35)25-26-36(37)38(30-18-7-2-8-19-30,31-20-9-3-10-21-31)32-22-11-4-12-23-32/h1-26H,27H2. The minimum absolute atomic E-state index is 0.965. The molecule has 7 rings (SSSR count). The van der Waals surface area contributed by atoms with Crippen LogP contribution in [-0.4, -0.2) is 8.07 Å². The fraction of sp³-hybridized carbons (Fsp3) is 0.0270. The van der Waals surface area contributed by atoms with Gasteiger partial charge in [0.1, 0.15) is 0 Å². The fourth-order valence-corrected chi connectivity index (χ4v) is 11.5. The molecular formula is C37H28Si. The molecule has 0 atom stereocenters. The second kappa shape index (κ2) is 9.44. The maximum Gasteiger partial charge on any atom is 0.180 e. The van der Waals surface area contributed by atoms with Gasteiger partial charge in [0.15, 0.2) is 8.07 Å². The van der Waals surface area contributed by atoms with Crippen LogP contribution in [0.1, 0.15) is 11.1 Å². The van der Waals surface area contributed by atoms with Crippen molar-refractivity contribution in [3.63, 3.8) is 0 Å². The third-order valence-corrected chi connectivity index (χ3v) is 12.9. The lowest BCUT2D eigenvalue weighted by molar-refractivity contribution is 1.27. The molecule has 0 N–H and O–H groups in total. The van der Waals surface area contributed by atoms with Crippen molar-refractivity contribution in [2.24, 2.45) is 0 Å².